The monoisotopic (exact) mass is 599 g/mol. The van der Waals surface area contributed by atoms with Crippen molar-refractivity contribution in [3.8, 4) is 11.5 Å². The zero-order valence-electron chi connectivity index (χ0n) is 25.7. The first-order valence-corrected chi connectivity index (χ1v) is 18.3. The van der Waals surface area contributed by atoms with Crippen LogP contribution in [0.15, 0.2) is 30.3 Å². The zero-order chi connectivity index (χ0) is 29.9. The lowest BCUT2D eigenvalue weighted by Gasteiger charge is -2.42. The number of aromatic nitrogens is 1. The third-order valence-electron chi connectivity index (χ3n) is 8.43. The number of methoxy groups -OCH3 is 1. The molecule has 4 rings (SSSR count). The Morgan fingerprint density at radius 2 is 1.88 bits per heavy atom. The van der Waals surface area contributed by atoms with E-state index in [0.29, 0.717) is 24.3 Å². The van der Waals surface area contributed by atoms with E-state index in [9.17, 15) is 9.90 Å². The van der Waals surface area contributed by atoms with E-state index in [1.807, 2.05) is 19.9 Å². The van der Waals surface area contributed by atoms with E-state index in [1.165, 1.54) is 11.3 Å². The Kier molecular flexibility index (Phi) is 9.84. The number of carboxylic acids is 1. The molecule has 0 amide bonds. The summed E-state index contributed by atoms with van der Waals surface area (Å²) >= 11 is 1.50. The zero-order valence-corrected chi connectivity index (χ0v) is 27.5. The molecule has 0 aliphatic heterocycles. The highest BCUT2D eigenvalue weighted by molar-refractivity contribution is 7.18. The number of benzene rings is 2. The number of thiazole rings is 1. The topological polar surface area (TPSA) is 87.1 Å². The minimum absolute atomic E-state index is 0.000127. The number of rotatable bonds is 12. The second-order valence-corrected chi connectivity index (χ2v) is 18.3. The molecule has 1 aliphatic rings. The highest BCUT2D eigenvalue weighted by Crippen LogP contribution is 2.43. The quantitative estimate of drug-likeness (QED) is 0.209. The molecule has 2 atom stereocenters. The van der Waals surface area contributed by atoms with Crippen LogP contribution in [-0.2, 0) is 15.6 Å². The summed E-state index contributed by atoms with van der Waals surface area (Å²) in [6.07, 6.45) is 4.40. The van der Waals surface area contributed by atoms with Crippen molar-refractivity contribution in [3.05, 3.63) is 52.0 Å². The van der Waals surface area contributed by atoms with Crippen LogP contribution < -0.4 is 9.47 Å². The Morgan fingerprint density at radius 3 is 2.49 bits per heavy atom. The fraction of sp³-hybridized carbons (Fsp3) is 0.562. The normalized spacial score (nSPS) is 16.2. The fourth-order valence-corrected chi connectivity index (χ4v) is 7.43. The Labute approximate surface area is 249 Å². The van der Waals surface area contributed by atoms with Gasteiger partial charge in [-0.15, -0.1) is 11.3 Å². The maximum Gasteiger partial charge on any atom is 0.338 e. The molecule has 7 nitrogen and oxygen atoms in total. The number of hydrogen-bond donors (Lipinski definition) is 1. The van der Waals surface area contributed by atoms with Crippen LogP contribution in [0.25, 0.3) is 10.2 Å². The van der Waals surface area contributed by atoms with Gasteiger partial charge in [0.25, 0.3) is 0 Å². The molecule has 224 valence electrons. The lowest BCUT2D eigenvalue weighted by molar-refractivity contribution is -0.0704. The summed E-state index contributed by atoms with van der Waals surface area (Å²) in [5.41, 5.74) is 2.72. The summed E-state index contributed by atoms with van der Waals surface area (Å²) in [6, 6.07) is 9.72. The summed E-state index contributed by atoms with van der Waals surface area (Å²) in [5.74, 6) is 0.343. The predicted octanol–water partition coefficient (Wildman–Crippen LogP) is 8.34. The van der Waals surface area contributed by atoms with Crippen molar-refractivity contribution in [1.82, 2.24) is 4.98 Å². The number of aryl methyl sites for hydroxylation is 1. The van der Waals surface area contributed by atoms with E-state index < -0.39 is 14.3 Å². The van der Waals surface area contributed by atoms with E-state index in [2.05, 4.69) is 52.1 Å². The molecular weight excluding hydrogens is 555 g/mol. The number of nitrogens with zero attached hydrogens (tertiary/aromatic N) is 1. The average molecular weight is 600 g/mol. The Hall–Kier alpha value is -2.46. The van der Waals surface area contributed by atoms with Gasteiger partial charge in [-0.05, 0) is 74.1 Å². The lowest BCUT2D eigenvalue weighted by atomic mass is 10.00. The lowest BCUT2D eigenvalue weighted by Crippen LogP contribution is -2.45. The molecule has 1 heterocycles. The van der Waals surface area contributed by atoms with Crippen LogP contribution in [0.3, 0.4) is 0 Å². The van der Waals surface area contributed by atoms with Crippen molar-refractivity contribution >= 4 is 35.8 Å². The van der Waals surface area contributed by atoms with Crippen LogP contribution in [0, 0.1) is 6.92 Å². The third kappa shape index (κ3) is 7.31. The number of carbonyl (C=O) groups is 1. The second kappa shape index (κ2) is 12.8. The van der Waals surface area contributed by atoms with Crippen molar-refractivity contribution in [2.45, 2.75) is 103 Å². The van der Waals surface area contributed by atoms with E-state index in [-0.39, 0.29) is 28.9 Å². The van der Waals surface area contributed by atoms with E-state index >= 15 is 0 Å². The highest BCUT2D eigenvalue weighted by Gasteiger charge is 2.42. The van der Waals surface area contributed by atoms with Crippen molar-refractivity contribution in [3.63, 3.8) is 0 Å². The summed E-state index contributed by atoms with van der Waals surface area (Å²) in [7, 11) is -0.538. The predicted molar refractivity (Wildman–Crippen MR) is 167 cm³/mol. The van der Waals surface area contributed by atoms with E-state index in [0.717, 1.165) is 52.3 Å². The van der Waals surface area contributed by atoms with Gasteiger partial charge >= 0.3 is 5.97 Å². The molecule has 9 heteroatoms. The van der Waals surface area contributed by atoms with Crippen molar-refractivity contribution in [1.29, 1.82) is 0 Å². The molecule has 2 aromatic carbocycles. The minimum atomic E-state index is -2.23. The van der Waals surface area contributed by atoms with E-state index in [1.54, 1.807) is 13.2 Å². The van der Waals surface area contributed by atoms with Crippen LogP contribution in [0.5, 0.6) is 11.5 Å². The molecule has 1 saturated carbocycles. The number of aromatic carboxylic acids is 1. The SMILES string of the molecule is CCOc1cc(C(=O)O)c2nc(C[C@H](OC3CCCC3)[C@H](O[Si](C)(C)C(C)(C)C)c3ccc(C)c(OC)c3)sc2c1. The van der Waals surface area contributed by atoms with Crippen molar-refractivity contribution in [2.75, 3.05) is 13.7 Å². The summed E-state index contributed by atoms with van der Waals surface area (Å²) in [5, 5.41) is 10.7. The molecule has 41 heavy (non-hydrogen) atoms. The van der Waals surface area contributed by atoms with Gasteiger partial charge in [-0.25, -0.2) is 9.78 Å². The fourth-order valence-electron chi connectivity index (χ4n) is 5.09. The Bertz CT molecular complexity index is 1360. The van der Waals surface area contributed by atoms with Gasteiger partial charge in [0.1, 0.15) is 11.5 Å². The summed E-state index contributed by atoms with van der Waals surface area (Å²) < 4.78 is 26.3. The maximum atomic E-state index is 12.1. The molecule has 0 saturated heterocycles. The standard InChI is InChI=1S/C32H45NO6SSi/c1-9-37-23-17-24(31(34)35)29-27(18-23)40-28(33-29)19-26(38-22-12-10-11-13-22)30(39-41(7,8)32(3,4)5)21-15-14-20(2)25(16-21)36-6/h14-18,22,26,30H,9-13,19H2,1-8H3,(H,34,35)/t26-,30+/m0/s1. The van der Waals surface area contributed by atoms with Crippen LogP contribution in [0.4, 0.5) is 0 Å². The van der Waals surface area contributed by atoms with Gasteiger partial charge in [-0.3, -0.25) is 0 Å². The number of ether oxygens (including phenoxy) is 3. The van der Waals surface area contributed by atoms with Crippen LogP contribution in [0.2, 0.25) is 18.1 Å². The van der Waals surface area contributed by atoms with Gasteiger partial charge in [0.05, 0.1) is 52.8 Å². The number of carboxylic acid groups (broad SMARTS) is 1. The summed E-state index contributed by atoms with van der Waals surface area (Å²) in [4.78, 5) is 17.0. The number of hydrogen-bond acceptors (Lipinski definition) is 7. The van der Waals surface area contributed by atoms with Crippen molar-refractivity contribution < 1.29 is 28.5 Å². The smallest absolute Gasteiger partial charge is 0.338 e. The van der Waals surface area contributed by atoms with Crippen molar-refractivity contribution in [2.24, 2.45) is 0 Å². The third-order valence-corrected chi connectivity index (χ3v) is 13.9. The molecule has 0 bridgehead atoms. The van der Waals surface area contributed by atoms with Gasteiger partial charge < -0.3 is 23.7 Å². The Morgan fingerprint density at radius 1 is 1.17 bits per heavy atom. The molecule has 0 radical (unpaired) electrons. The Balaban J connectivity index is 1.80. The molecule has 1 aromatic heterocycles. The van der Waals surface area contributed by atoms with Gasteiger partial charge in [-0.1, -0.05) is 45.7 Å². The highest BCUT2D eigenvalue weighted by atomic mass is 32.1. The van der Waals surface area contributed by atoms with Crippen LogP contribution >= 0.6 is 11.3 Å². The average Bonchev–Trinajstić information content (AvgIpc) is 3.56. The first-order chi connectivity index (χ1) is 19.3. The maximum absolute atomic E-state index is 12.1. The van der Waals surface area contributed by atoms with Gasteiger partial charge in [-0.2, -0.15) is 0 Å². The van der Waals surface area contributed by atoms with E-state index in [4.69, 9.17) is 23.6 Å². The molecule has 1 fully saturated rings. The molecular formula is C32H45NO6SSi. The molecule has 0 unspecified atom stereocenters. The molecule has 3 aromatic rings. The molecule has 1 N–H and O–H groups in total. The van der Waals surface area contributed by atoms with Gasteiger partial charge in [0, 0.05) is 6.42 Å². The van der Waals surface area contributed by atoms with Gasteiger partial charge in [0.2, 0.25) is 0 Å². The molecule has 0 spiro atoms. The van der Waals surface area contributed by atoms with Crippen LogP contribution in [0.1, 0.15) is 86.0 Å². The number of fused-ring (bicyclic) bond motifs is 1. The largest absolute Gasteiger partial charge is 0.496 e. The van der Waals surface area contributed by atoms with Crippen LogP contribution in [-0.4, -0.2) is 50.3 Å². The molecule has 1 aliphatic carbocycles. The first kappa shape index (κ1) is 31.5. The second-order valence-electron chi connectivity index (χ2n) is 12.5. The van der Waals surface area contributed by atoms with Gasteiger partial charge in [0.15, 0.2) is 8.32 Å². The first-order valence-electron chi connectivity index (χ1n) is 14.6. The summed E-state index contributed by atoms with van der Waals surface area (Å²) in [6.45, 7) is 15.7. The minimum Gasteiger partial charge on any atom is -0.496 e.